The first-order chi connectivity index (χ1) is 13.0. The molecule has 0 bridgehead atoms. The fraction of sp³-hybridized carbons (Fsp3) is 0.150. The van der Waals surface area contributed by atoms with E-state index in [-0.39, 0.29) is 23.4 Å². The Balaban J connectivity index is 1.88. The van der Waals surface area contributed by atoms with Gasteiger partial charge in [0.1, 0.15) is 12.4 Å². The highest BCUT2D eigenvalue weighted by atomic mass is 16.5. The second-order valence-corrected chi connectivity index (χ2v) is 5.73. The van der Waals surface area contributed by atoms with Crippen LogP contribution >= 0.6 is 0 Å². The van der Waals surface area contributed by atoms with Gasteiger partial charge >= 0.3 is 11.9 Å². The number of fused-ring (bicyclic) bond motifs is 1. The van der Waals surface area contributed by atoms with Crippen molar-refractivity contribution in [3.8, 4) is 5.75 Å². The van der Waals surface area contributed by atoms with Crippen molar-refractivity contribution >= 4 is 29.6 Å². The number of rotatable bonds is 4. The van der Waals surface area contributed by atoms with Gasteiger partial charge in [-0.1, -0.05) is 18.2 Å². The van der Waals surface area contributed by atoms with E-state index < -0.39 is 17.8 Å². The maximum Gasteiger partial charge on any atom is 0.337 e. The number of amides is 1. The molecule has 0 fully saturated rings. The van der Waals surface area contributed by atoms with Gasteiger partial charge in [0.05, 0.1) is 30.9 Å². The van der Waals surface area contributed by atoms with Crippen LogP contribution in [0.4, 0.5) is 5.69 Å². The average molecular weight is 367 g/mol. The second-order valence-electron chi connectivity index (χ2n) is 5.73. The van der Waals surface area contributed by atoms with Crippen molar-refractivity contribution in [1.29, 1.82) is 0 Å². The van der Waals surface area contributed by atoms with Crippen molar-refractivity contribution < 1.29 is 28.6 Å². The number of benzene rings is 2. The molecule has 3 rings (SSSR count). The predicted molar refractivity (Wildman–Crippen MR) is 97.7 cm³/mol. The summed E-state index contributed by atoms with van der Waals surface area (Å²) >= 11 is 0. The lowest BCUT2D eigenvalue weighted by molar-refractivity contribution is -0.113. The lowest BCUT2D eigenvalue weighted by Crippen LogP contribution is -2.21. The smallest absolute Gasteiger partial charge is 0.337 e. The molecule has 1 heterocycles. The van der Waals surface area contributed by atoms with Gasteiger partial charge < -0.3 is 19.5 Å². The molecule has 1 aliphatic rings. The summed E-state index contributed by atoms with van der Waals surface area (Å²) in [5.74, 6) is -0.965. The maximum atomic E-state index is 12.6. The first-order valence-electron chi connectivity index (χ1n) is 8.07. The first-order valence-corrected chi connectivity index (χ1v) is 8.07. The van der Waals surface area contributed by atoms with Crippen LogP contribution in [-0.2, 0) is 14.3 Å². The highest BCUT2D eigenvalue weighted by molar-refractivity contribution is 6.08. The summed E-state index contributed by atoms with van der Waals surface area (Å²) in [6.07, 6.45) is 1.74. The van der Waals surface area contributed by atoms with Crippen molar-refractivity contribution in [2.75, 3.05) is 26.1 Å². The Hall–Kier alpha value is -3.61. The number of para-hydroxylation sites is 1. The molecule has 2 aromatic rings. The van der Waals surface area contributed by atoms with Gasteiger partial charge in [-0.3, -0.25) is 4.79 Å². The fourth-order valence-electron chi connectivity index (χ4n) is 2.63. The van der Waals surface area contributed by atoms with Crippen LogP contribution in [0.1, 0.15) is 26.3 Å². The van der Waals surface area contributed by atoms with Gasteiger partial charge in [0, 0.05) is 11.3 Å². The zero-order valence-corrected chi connectivity index (χ0v) is 14.8. The van der Waals surface area contributed by atoms with E-state index in [1.807, 2.05) is 24.3 Å². The average Bonchev–Trinajstić information content (AvgIpc) is 2.71. The Morgan fingerprint density at radius 1 is 0.963 bits per heavy atom. The minimum absolute atomic E-state index is 0.114. The molecule has 138 valence electrons. The van der Waals surface area contributed by atoms with Crippen molar-refractivity contribution in [2.24, 2.45) is 0 Å². The Kier molecular flexibility index (Phi) is 5.21. The highest BCUT2D eigenvalue weighted by Gasteiger charge is 2.19. The molecule has 0 radical (unpaired) electrons. The van der Waals surface area contributed by atoms with Gasteiger partial charge in [0.25, 0.3) is 5.91 Å². The van der Waals surface area contributed by atoms with Crippen LogP contribution in [0, 0.1) is 0 Å². The molecule has 0 spiro atoms. The number of methoxy groups -OCH3 is 2. The van der Waals surface area contributed by atoms with E-state index in [2.05, 4.69) is 14.8 Å². The standard InChI is InChI=1S/C20H17NO6/c1-25-19(23)13-8-14(20(24)26-2)10-16(9-13)21-18(22)15-7-12-5-3-4-6-17(12)27-11-15/h3-10H,11H2,1-2H3,(H,21,22). The predicted octanol–water partition coefficient (Wildman–Crippen LogP) is 2.67. The normalized spacial score (nSPS) is 12.1. The Labute approximate surface area is 155 Å². The summed E-state index contributed by atoms with van der Waals surface area (Å²) in [6, 6.07) is 11.6. The van der Waals surface area contributed by atoms with E-state index in [9.17, 15) is 14.4 Å². The van der Waals surface area contributed by atoms with Crippen LogP contribution in [0.25, 0.3) is 6.08 Å². The monoisotopic (exact) mass is 367 g/mol. The quantitative estimate of drug-likeness (QED) is 0.836. The van der Waals surface area contributed by atoms with Crippen LogP contribution < -0.4 is 10.1 Å². The van der Waals surface area contributed by atoms with Crippen molar-refractivity contribution in [2.45, 2.75) is 0 Å². The van der Waals surface area contributed by atoms with E-state index in [1.54, 1.807) is 6.08 Å². The number of esters is 2. The molecule has 1 aliphatic heterocycles. The minimum atomic E-state index is -0.634. The molecule has 27 heavy (non-hydrogen) atoms. The number of ether oxygens (including phenoxy) is 3. The van der Waals surface area contributed by atoms with Crippen molar-refractivity contribution in [3.63, 3.8) is 0 Å². The van der Waals surface area contributed by atoms with E-state index in [1.165, 1.54) is 32.4 Å². The van der Waals surface area contributed by atoms with E-state index >= 15 is 0 Å². The Morgan fingerprint density at radius 2 is 1.59 bits per heavy atom. The van der Waals surface area contributed by atoms with Gasteiger partial charge in [-0.05, 0) is 30.3 Å². The van der Waals surface area contributed by atoms with E-state index in [0.29, 0.717) is 11.3 Å². The van der Waals surface area contributed by atoms with Crippen molar-refractivity contribution in [3.05, 3.63) is 64.7 Å². The summed E-state index contributed by atoms with van der Waals surface area (Å²) in [6.45, 7) is 0.114. The van der Waals surface area contributed by atoms with Gasteiger partial charge in [-0.15, -0.1) is 0 Å². The second kappa shape index (κ2) is 7.74. The molecule has 0 atom stereocenters. The van der Waals surface area contributed by atoms with Crippen LogP contribution in [0.5, 0.6) is 5.75 Å². The lowest BCUT2D eigenvalue weighted by Gasteiger charge is -2.17. The molecule has 0 saturated heterocycles. The molecule has 2 aromatic carbocycles. The Bertz CT molecular complexity index is 913. The van der Waals surface area contributed by atoms with Gasteiger partial charge in [0.15, 0.2) is 0 Å². The summed E-state index contributed by atoms with van der Waals surface area (Å²) in [5, 5.41) is 2.68. The molecule has 1 N–H and O–H groups in total. The zero-order valence-electron chi connectivity index (χ0n) is 14.8. The lowest BCUT2D eigenvalue weighted by atomic mass is 10.1. The highest BCUT2D eigenvalue weighted by Crippen LogP contribution is 2.26. The number of carbonyl (C=O) groups is 3. The number of anilines is 1. The molecular formula is C20H17NO6. The van der Waals surface area contributed by atoms with Gasteiger partial charge in [0.2, 0.25) is 0 Å². The third-order valence-electron chi connectivity index (χ3n) is 3.96. The molecule has 0 unspecified atom stereocenters. The SMILES string of the molecule is COC(=O)c1cc(NC(=O)C2=Cc3ccccc3OC2)cc(C(=O)OC)c1. The van der Waals surface area contributed by atoms with Crippen LogP contribution in [0.15, 0.2) is 48.0 Å². The molecular weight excluding hydrogens is 350 g/mol. The van der Waals surface area contributed by atoms with Crippen LogP contribution in [0.2, 0.25) is 0 Å². The number of hydrogen-bond acceptors (Lipinski definition) is 6. The molecule has 0 saturated carbocycles. The molecule has 7 nitrogen and oxygen atoms in total. The molecule has 1 amide bonds. The van der Waals surface area contributed by atoms with E-state index in [0.717, 1.165) is 5.56 Å². The molecule has 7 heteroatoms. The Morgan fingerprint density at radius 3 is 2.22 bits per heavy atom. The summed E-state index contributed by atoms with van der Waals surface area (Å²) < 4.78 is 14.9. The topological polar surface area (TPSA) is 90.9 Å². The maximum absolute atomic E-state index is 12.6. The van der Waals surface area contributed by atoms with E-state index in [4.69, 9.17) is 4.74 Å². The number of carbonyl (C=O) groups excluding carboxylic acids is 3. The minimum Gasteiger partial charge on any atom is -0.488 e. The fourth-order valence-corrected chi connectivity index (χ4v) is 2.63. The van der Waals surface area contributed by atoms with Crippen molar-refractivity contribution in [1.82, 2.24) is 0 Å². The van der Waals surface area contributed by atoms with Crippen LogP contribution in [-0.4, -0.2) is 38.7 Å². The first kappa shape index (κ1) is 18.2. The summed E-state index contributed by atoms with van der Waals surface area (Å²) in [4.78, 5) is 36.3. The summed E-state index contributed by atoms with van der Waals surface area (Å²) in [7, 11) is 2.46. The van der Waals surface area contributed by atoms with Gasteiger partial charge in [-0.2, -0.15) is 0 Å². The number of nitrogens with one attached hydrogen (secondary N) is 1. The third kappa shape index (κ3) is 3.98. The third-order valence-corrected chi connectivity index (χ3v) is 3.96. The number of hydrogen-bond donors (Lipinski definition) is 1. The van der Waals surface area contributed by atoms with Crippen LogP contribution in [0.3, 0.4) is 0 Å². The largest absolute Gasteiger partial charge is 0.488 e. The zero-order chi connectivity index (χ0) is 19.4. The molecule has 0 aliphatic carbocycles. The summed E-state index contributed by atoms with van der Waals surface area (Å²) in [5.41, 5.74) is 1.72. The van der Waals surface area contributed by atoms with Gasteiger partial charge in [-0.25, -0.2) is 9.59 Å². The molecule has 0 aromatic heterocycles.